The molecule has 1 aromatic heterocycles. The molecule has 0 saturated carbocycles. The standard InChI is InChI=1S/C25H27N3O2/c1-17-7-12-23-21(15-17)22(25(30)28-13-5-3-4-6-14-28)16-24(27-23)19-8-10-20(11-9-19)26-18(2)29/h7-12,15-16H,3-6,13-14H2,1-2H3,(H,26,29). The fourth-order valence-electron chi connectivity index (χ4n) is 4.04. The van der Waals surface area contributed by atoms with Gasteiger partial charge in [-0.3, -0.25) is 9.59 Å². The first-order valence-corrected chi connectivity index (χ1v) is 10.6. The van der Waals surface area contributed by atoms with Gasteiger partial charge in [0.15, 0.2) is 0 Å². The number of aryl methyl sites for hydroxylation is 1. The number of nitrogens with one attached hydrogen (secondary N) is 1. The Kier molecular flexibility index (Phi) is 5.79. The van der Waals surface area contributed by atoms with Crippen LogP contribution in [-0.2, 0) is 4.79 Å². The highest BCUT2D eigenvalue weighted by molar-refractivity contribution is 6.07. The highest BCUT2D eigenvalue weighted by atomic mass is 16.2. The third kappa shape index (κ3) is 4.35. The third-order valence-electron chi connectivity index (χ3n) is 5.59. The lowest BCUT2D eigenvalue weighted by Gasteiger charge is -2.21. The van der Waals surface area contributed by atoms with E-state index in [2.05, 4.69) is 11.4 Å². The number of hydrogen-bond donors (Lipinski definition) is 1. The van der Waals surface area contributed by atoms with Crippen molar-refractivity contribution in [3.05, 3.63) is 59.7 Å². The minimum absolute atomic E-state index is 0.0889. The summed E-state index contributed by atoms with van der Waals surface area (Å²) in [5.41, 5.74) is 5.06. The molecule has 1 saturated heterocycles. The van der Waals surface area contributed by atoms with Gasteiger partial charge in [-0.15, -0.1) is 0 Å². The van der Waals surface area contributed by atoms with Gasteiger partial charge < -0.3 is 10.2 Å². The molecule has 5 nitrogen and oxygen atoms in total. The number of carbonyl (C=O) groups excluding carboxylic acids is 2. The molecule has 0 radical (unpaired) electrons. The lowest BCUT2D eigenvalue weighted by Crippen LogP contribution is -2.32. The summed E-state index contributed by atoms with van der Waals surface area (Å²) in [6.45, 7) is 5.15. The first kappa shape index (κ1) is 20.1. The zero-order valence-electron chi connectivity index (χ0n) is 17.6. The molecule has 154 valence electrons. The van der Waals surface area contributed by atoms with Crippen molar-refractivity contribution in [2.24, 2.45) is 0 Å². The van der Waals surface area contributed by atoms with E-state index in [1.807, 2.05) is 54.3 Å². The number of rotatable bonds is 3. The summed E-state index contributed by atoms with van der Waals surface area (Å²) < 4.78 is 0. The smallest absolute Gasteiger partial charge is 0.254 e. The summed E-state index contributed by atoms with van der Waals surface area (Å²) in [6, 6.07) is 15.5. The van der Waals surface area contributed by atoms with Crippen molar-refractivity contribution in [2.75, 3.05) is 18.4 Å². The number of hydrogen-bond acceptors (Lipinski definition) is 3. The van der Waals surface area contributed by atoms with Gasteiger partial charge in [-0.05, 0) is 50.1 Å². The lowest BCUT2D eigenvalue weighted by atomic mass is 10.0. The largest absolute Gasteiger partial charge is 0.339 e. The van der Waals surface area contributed by atoms with Crippen LogP contribution in [0.2, 0.25) is 0 Å². The van der Waals surface area contributed by atoms with Crippen molar-refractivity contribution in [1.82, 2.24) is 9.88 Å². The Balaban J connectivity index is 1.77. The van der Waals surface area contributed by atoms with Crippen LogP contribution < -0.4 is 5.32 Å². The number of carbonyl (C=O) groups is 2. The molecule has 1 fully saturated rings. The highest BCUT2D eigenvalue weighted by Gasteiger charge is 2.21. The highest BCUT2D eigenvalue weighted by Crippen LogP contribution is 2.28. The maximum Gasteiger partial charge on any atom is 0.254 e. The number of aromatic nitrogens is 1. The topological polar surface area (TPSA) is 62.3 Å². The number of likely N-dealkylation sites (tertiary alicyclic amines) is 1. The SMILES string of the molecule is CC(=O)Nc1ccc(-c2cc(C(=O)N3CCCCCC3)c3cc(C)ccc3n2)cc1. The van der Waals surface area contributed by atoms with Crippen LogP contribution in [0.15, 0.2) is 48.5 Å². The maximum atomic E-state index is 13.5. The van der Waals surface area contributed by atoms with Gasteiger partial charge in [0.05, 0.1) is 16.8 Å². The molecule has 4 rings (SSSR count). The van der Waals surface area contributed by atoms with Gasteiger partial charge in [0.2, 0.25) is 5.91 Å². The second kappa shape index (κ2) is 8.66. The molecule has 2 amide bonds. The molecule has 0 aliphatic carbocycles. The molecule has 2 heterocycles. The minimum Gasteiger partial charge on any atom is -0.339 e. The van der Waals surface area contributed by atoms with Gasteiger partial charge in [-0.1, -0.05) is 36.6 Å². The molecule has 0 spiro atoms. The Bertz CT molecular complexity index is 1080. The number of pyridine rings is 1. The number of fused-ring (bicyclic) bond motifs is 1. The summed E-state index contributed by atoms with van der Waals surface area (Å²) in [7, 11) is 0. The van der Waals surface area contributed by atoms with Crippen LogP contribution in [0.1, 0.15) is 48.5 Å². The molecule has 2 aromatic carbocycles. The normalized spacial score (nSPS) is 14.4. The predicted molar refractivity (Wildman–Crippen MR) is 121 cm³/mol. The van der Waals surface area contributed by atoms with E-state index < -0.39 is 0 Å². The van der Waals surface area contributed by atoms with E-state index in [4.69, 9.17) is 4.98 Å². The van der Waals surface area contributed by atoms with Crippen LogP contribution in [-0.4, -0.2) is 34.8 Å². The van der Waals surface area contributed by atoms with E-state index in [0.717, 1.165) is 59.3 Å². The van der Waals surface area contributed by atoms with Crippen molar-refractivity contribution in [3.8, 4) is 11.3 Å². The lowest BCUT2D eigenvalue weighted by molar-refractivity contribution is -0.114. The second-order valence-corrected chi connectivity index (χ2v) is 8.04. The van der Waals surface area contributed by atoms with E-state index in [0.29, 0.717) is 5.56 Å². The van der Waals surface area contributed by atoms with Gasteiger partial charge in [0.25, 0.3) is 5.91 Å². The Morgan fingerprint density at radius 2 is 1.63 bits per heavy atom. The first-order valence-electron chi connectivity index (χ1n) is 10.6. The molecule has 1 aliphatic heterocycles. The average molecular weight is 402 g/mol. The van der Waals surface area contributed by atoms with Crippen molar-refractivity contribution < 1.29 is 9.59 Å². The van der Waals surface area contributed by atoms with Gasteiger partial charge in [0, 0.05) is 36.7 Å². The van der Waals surface area contributed by atoms with Crippen LogP contribution in [0, 0.1) is 6.92 Å². The quantitative estimate of drug-likeness (QED) is 0.657. The molecule has 0 unspecified atom stereocenters. The maximum absolute atomic E-state index is 13.5. The van der Waals surface area contributed by atoms with Crippen molar-refractivity contribution in [2.45, 2.75) is 39.5 Å². The zero-order valence-corrected chi connectivity index (χ0v) is 17.6. The monoisotopic (exact) mass is 401 g/mol. The Morgan fingerprint density at radius 1 is 0.933 bits per heavy atom. The van der Waals surface area contributed by atoms with Crippen molar-refractivity contribution >= 4 is 28.4 Å². The molecule has 30 heavy (non-hydrogen) atoms. The molecule has 5 heteroatoms. The van der Waals surface area contributed by atoms with Crippen molar-refractivity contribution in [1.29, 1.82) is 0 Å². The second-order valence-electron chi connectivity index (χ2n) is 8.04. The molecule has 3 aromatic rings. The van der Waals surface area contributed by atoms with E-state index in [9.17, 15) is 9.59 Å². The number of amides is 2. The van der Waals surface area contributed by atoms with Crippen LogP contribution in [0.3, 0.4) is 0 Å². The first-order chi connectivity index (χ1) is 14.5. The van der Waals surface area contributed by atoms with Crippen LogP contribution in [0.5, 0.6) is 0 Å². The Morgan fingerprint density at radius 3 is 2.30 bits per heavy atom. The summed E-state index contributed by atoms with van der Waals surface area (Å²) in [5, 5.41) is 3.68. The summed E-state index contributed by atoms with van der Waals surface area (Å²) in [4.78, 5) is 31.6. The van der Waals surface area contributed by atoms with Crippen molar-refractivity contribution in [3.63, 3.8) is 0 Å². The van der Waals surface area contributed by atoms with Gasteiger partial charge in [-0.25, -0.2) is 4.98 Å². The average Bonchev–Trinajstić information content (AvgIpc) is 3.02. The van der Waals surface area contributed by atoms with E-state index in [1.54, 1.807) is 0 Å². The zero-order chi connectivity index (χ0) is 21.1. The van der Waals surface area contributed by atoms with Gasteiger partial charge in [0.1, 0.15) is 0 Å². The molecular weight excluding hydrogens is 374 g/mol. The van der Waals surface area contributed by atoms with Crippen LogP contribution >= 0.6 is 0 Å². The van der Waals surface area contributed by atoms with Gasteiger partial charge in [-0.2, -0.15) is 0 Å². The van der Waals surface area contributed by atoms with Crippen LogP contribution in [0.4, 0.5) is 5.69 Å². The number of anilines is 1. The Labute approximate surface area is 177 Å². The fraction of sp³-hybridized carbons (Fsp3) is 0.320. The summed E-state index contributed by atoms with van der Waals surface area (Å²) in [5.74, 6) is -0.0155. The van der Waals surface area contributed by atoms with Crippen LogP contribution in [0.25, 0.3) is 22.2 Å². The van der Waals surface area contributed by atoms with Gasteiger partial charge >= 0.3 is 0 Å². The molecule has 0 bridgehead atoms. The minimum atomic E-state index is -0.104. The predicted octanol–water partition coefficient (Wildman–Crippen LogP) is 5.18. The van der Waals surface area contributed by atoms with E-state index >= 15 is 0 Å². The fourth-order valence-corrected chi connectivity index (χ4v) is 4.04. The Hall–Kier alpha value is -3.21. The third-order valence-corrected chi connectivity index (χ3v) is 5.59. The van der Waals surface area contributed by atoms with E-state index in [-0.39, 0.29) is 11.8 Å². The molecule has 0 atom stereocenters. The summed E-state index contributed by atoms with van der Waals surface area (Å²) >= 11 is 0. The molecule has 1 N–H and O–H groups in total. The molecule has 1 aliphatic rings. The number of nitrogens with zero attached hydrogens (tertiary/aromatic N) is 2. The van der Waals surface area contributed by atoms with E-state index in [1.165, 1.54) is 19.8 Å². The molecular formula is C25H27N3O2. The summed E-state index contributed by atoms with van der Waals surface area (Å²) in [6.07, 6.45) is 4.49. The number of benzene rings is 2.